The minimum Gasteiger partial charge on any atom is -0.348 e. The molecule has 1 fully saturated rings. The number of rotatable bonds is 3. The van der Waals surface area contributed by atoms with E-state index in [0.717, 1.165) is 43.9 Å². The first kappa shape index (κ1) is 16.7. The minimum atomic E-state index is -3.28. The molecule has 1 N–H and O–H groups in total. The summed E-state index contributed by atoms with van der Waals surface area (Å²) in [5.74, 6) is 0. The van der Waals surface area contributed by atoms with Crippen molar-refractivity contribution in [3.05, 3.63) is 47.8 Å². The molecule has 2 aliphatic rings. The van der Waals surface area contributed by atoms with Crippen LogP contribution in [-0.2, 0) is 28.5 Å². The van der Waals surface area contributed by atoms with Crippen LogP contribution in [0, 0.1) is 0 Å². The molecule has 134 valence electrons. The number of imidazole rings is 1. The van der Waals surface area contributed by atoms with Crippen LogP contribution in [0.1, 0.15) is 29.8 Å². The summed E-state index contributed by atoms with van der Waals surface area (Å²) >= 11 is 0. The number of sulfonamides is 1. The second kappa shape index (κ2) is 6.19. The van der Waals surface area contributed by atoms with Crippen molar-refractivity contribution in [2.75, 3.05) is 25.9 Å². The molecule has 1 saturated heterocycles. The smallest absolute Gasteiger partial charge is 0.212 e. The maximum Gasteiger partial charge on any atom is 0.212 e. The van der Waals surface area contributed by atoms with Crippen molar-refractivity contribution in [2.24, 2.45) is 0 Å². The van der Waals surface area contributed by atoms with Crippen molar-refractivity contribution >= 4 is 10.0 Å². The number of fused-ring (bicyclic) bond motifs is 2. The average Bonchev–Trinajstić information content (AvgIpc) is 3.07. The normalized spacial score (nSPS) is 21.3. The van der Waals surface area contributed by atoms with Gasteiger partial charge in [0.25, 0.3) is 0 Å². The van der Waals surface area contributed by atoms with Crippen LogP contribution >= 0.6 is 0 Å². The van der Waals surface area contributed by atoms with Gasteiger partial charge in [0.15, 0.2) is 0 Å². The first-order valence-electron chi connectivity index (χ1n) is 8.61. The van der Waals surface area contributed by atoms with Gasteiger partial charge in [0.05, 0.1) is 23.8 Å². The number of piperidine rings is 1. The number of nitrogens with one attached hydrogen (secondary N) is 1. The summed E-state index contributed by atoms with van der Waals surface area (Å²) in [7, 11) is -3.28. The Kier molecular flexibility index (Phi) is 4.13. The van der Waals surface area contributed by atoms with E-state index in [2.05, 4.69) is 19.9 Å². The molecule has 8 heteroatoms. The lowest BCUT2D eigenvalue weighted by Crippen LogP contribution is -2.57. The molecule has 0 amide bonds. The molecule has 0 radical (unpaired) electrons. The Labute approximate surface area is 148 Å². The molecule has 2 aliphatic heterocycles. The fourth-order valence-corrected chi connectivity index (χ4v) is 5.58. The molecule has 4 heterocycles. The molecule has 7 nitrogen and oxygen atoms in total. The van der Waals surface area contributed by atoms with Gasteiger partial charge in [-0.25, -0.2) is 13.4 Å². The number of nitrogens with zero attached hydrogens (tertiary/aromatic N) is 4. The van der Waals surface area contributed by atoms with E-state index in [-0.39, 0.29) is 0 Å². The number of H-pyrrole nitrogens is 1. The Morgan fingerprint density at radius 2 is 1.92 bits per heavy atom. The predicted octanol–water partition coefficient (Wildman–Crippen LogP) is 1.11. The van der Waals surface area contributed by atoms with Crippen LogP contribution in [0.3, 0.4) is 0 Å². The Bertz CT molecular complexity index is 841. The Morgan fingerprint density at radius 3 is 2.60 bits per heavy atom. The summed E-state index contributed by atoms with van der Waals surface area (Å²) in [4.78, 5) is 14.2. The highest BCUT2D eigenvalue weighted by atomic mass is 32.2. The van der Waals surface area contributed by atoms with Crippen LogP contribution < -0.4 is 0 Å². The number of aromatic nitrogens is 3. The van der Waals surface area contributed by atoms with Gasteiger partial charge < -0.3 is 4.98 Å². The Morgan fingerprint density at radius 1 is 1.20 bits per heavy atom. The number of hydrogen-bond donors (Lipinski definition) is 1. The predicted molar refractivity (Wildman–Crippen MR) is 94.3 cm³/mol. The van der Waals surface area contributed by atoms with E-state index in [1.54, 1.807) is 10.6 Å². The molecule has 0 bridgehead atoms. The summed E-state index contributed by atoms with van der Waals surface area (Å²) < 4.78 is 26.6. The van der Waals surface area contributed by atoms with Gasteiger partial charge in [-0.15, -0.1) is 0 Å². The van der Waals surface area contributed by atoms with Crippen molar-refractivity contribution in [1.82, 2.24) is 24.2 Å². The van der Waals surface area contributed by atoms with Crippen LogP contribution in [0.4, 0.5) is 0 Å². The lowest BCUT2D eigenvalue weighted by atomic mass is 9.80. The molecule has 0 saturated carbocycles. The number of likely N-dealkylation sites (tertiary alicyclic amines) is 1. The van der Waals surface area contributed by atoms with E-state index in [1.165, 1.54) is 11.8 Å². The minimum absolute atomic E-state index is 0.504. The summed E-state index contributed by atoms with van der Waals surface area (Å²) in [5.41, 5.74) is 2.74. The van der Waals surface area contributed by atoms with E-state index >= 15 is 0 Å². The first-order valence-corrected chi connectivity index (χ1v) is 10.5. The highest BCUT2D eigenvalue weighted by Crippen LogP contribution is 2.43. The molecule has 25 heavy (non-hydrogen) atoms. The third kappa shape index (κ3) is 2.98. The lowest BCUT2D eigenvalue weighted by Gasteiger charge is -2.49. The van der Waals surface area contributed by atoms with Gasteiger partial charge in [-0.1, -0.05) is 0 Å². The van der Waals surface area contributed by atoms with E-state index in [0.29, 0.717) is 13.0 Å². The molecule has 4 rings (SSSR count). The zero-order valence-electron chi connectivity index (χ0n) is 14.4. The molecule has 0 aliphatic carbocycles. The van der Waals surface area contributed by atoms with Crippen molar-refractivity contribution in [3.63, 3.8) is 0 Å². The molecule has 0 atom stereocenters. The zero-order chi connectivity index (χ0) is 17.5. The quantitative estimate of drug-likeness (QED) is 0.886. The van der Waals surface area contributed by atoms with E-state index in [1.807, 2.05) is 24.5 Å². The zero-order valence-corrected chi connectivity index (χ0v) is 15.2. The monoisotopic (exact) mass is 361 g/mol. The number of aromatic amines is 1. The summed E-state index contributed by atoms with van der Waals surface area (Å²) in [6.07, 6.45) is 8.86. The van der Waals surface area contributed by atoms with Crippen molar-refractivity contribution < 1.29 is 8.42 Å². The topological polar surface area (TPSA) is 82.2 Å². The highest BCUT2D eigenvalue weighted by Gasteiger charge is 2.50. The maximum absolute atomic E-state index is 12.4. The third-order valence-corrected chi connectivity index (χ3v) is 6.77. The third-order valence-electron chi connectivity index (χ3n) is 5.44. The highest BCUT2D eigenvalue weighted by molar-refractivity contribution is 7.88. The van der Waals surface area contributed by atoms with Gasteiger partial charge in [0, 0.05) is 50.7 Å². The van der Waals surface area contributed by atoms with Gasteiger partial charge in [0.2, 0.25) is 10.0 Å². The SMILES string of the molecule is CS(=O)(=O)N1CCc2[nH]cnc2C12CCN(Cc1ccncc1)CC2. The molecule has 0 unspecified atom stereocenters. The molecule has 0 aromatic carbocycles. The van der Waals surface area contributed by atoms with E-state index in [4.69, 9.17) is 0 Å². The number of hydrogen-bond acceptors (Lipinski definition) is 5. The van der Waals surface area contributed by atoms with Gasteiger partial charge in [-0.05, 0) is 30.5 Å². The maximum atomic E-state index is 12.4. The van der Waals surface area contributed by atoms with Gasteiger partial charge >= 0.3 is 0 Å². The van der Waals surface area contributed by atoms with Crippen LogP contribution in [0.2, 0.25) is 0 Å². The lowest BCUT2D eigenvalue weighted by molar-refractivity contribution is 0.0604. The largest absolute Gasteiger partial charge is 0.348 e. The van der Waals surface area contributed by atoms with Gasteiger partial charge in [0.1, 0.15) is 0 Å². The van der Waals surface area contributed by atoms with Gasteiger partial charge in [-0.3, -0.25) is 9.88 Å². The fourth-order valence-electron chi connectivity index (χ4n) is 4.26. The number of pyridine rings is 1. The Hall–Kier alpha value is -1.77. The van der Waals surface area contributed by atoms with Crippen molar-refractivity contribution in [1.29, 1.82) is 0 Å². The average molecular weight is 361 g/mol. The summed E-state index contributed by atoms with van der Waals surface area (Å²) in [5, 5.41) is 0. The molecule has 1 spiro atoms. The second-order valence-corrected chi connectivity index (χ2v) is 8.88. The molecule has 2 aromatic heterocycles. The van der Waals surface area contributed by atoms with E-state index in [9.17, 15) is 8.42 Å². The van der Waals surface area contributed by atoms with Crippen LogP contribution in [0.5, 0.6) is 0 Å². The van der Waals surface area contributed by atoms with Crippen molar-refractivity contribution in [2.45, 2.75) is 31.3 Å². The first-order chi connectivity index (χ1) is 12.0. The Balaban J connectivity index is 1.59. The summed E-state index contributed by atoms with van der Waals surface area (Å²) in [6.45, 7) is 3.09. The van der Waals surface area contributed by atoms with Crippen LogP contribution in [0.25, 0.3) is 0 Å². The molecule has 2 aromatic rings. The molecular formula is C17H23N5O2S. The van der Waals surface area contributed by atoms with Gasteiger partial charge in [-0.2, -0.15) is 4.31 Å². The molecular weight excluding hydrogens is 338 g/mol. The second-order valence-electron chi connectivity index (χ2n) is 6.98. The van der Waals surface area contributed by atoms with E-state index < -0.39 is 15.6 Å². The van der Waals surface area contributed by atoms with Crippen molar-refractivity contribution in [3.8, 4) is 0 Å². The van der Waals surface area contributed by atoms with Crippen LogP contribution in [0.15, 0.2) is 30.9 Å². The fraction of sp³-hybridized carbons (Fsp3) is 0.529. The summed E-state index contributed by atoms with van der Waals surface area (Å²) in [6, 6.07) is 4.05. The standard InChI is InChI=1S/C17H23N5O2S/c1-25(23,24)22-9-4-15-16(20-13-19-15)17(22)5-10-21(11-6-17)12-14-2-7-18-8-3-14/h2-3,7-8,13H,4-6,9-12H2,1H3,(H,19,20). The van der Waals surface area contributed by atoms with Crippen LogP contribution in [-0.4, -0.2) is 58.5 Å².